The molecule has 0 bridgehead atoms. The third kappa shape index (κ3) is 2.62. The molecule has 0 aliphatic carbocycles. The van der Waals surface area contributed by atoms with Gasteiger partial charge in [0.2, 0.25) is 0 Å². The Morgan fingerprint density at radius 2 is 2.38 bits per heavy atom. The molecule has 0 aromatic carbocycles. The molecular formula is C10H12BrNO. The van der Waals surface area contributed by atoms with Crippen LogP contribution in [0.4, 0.5) is 0 Å². The van der Waals surface area contributed by atoms with Gasteiger partial charge in [0.05, 0.1) is 5.56 Å². The largest absolute Gasteiger partial charge is 0.298 e. The van der Waals surface area contributed by atoms with Crippen LogP contribution in [0.1, 0.15) is 35.7 Å². The first-order valence-corrected chi connectivity index (χ1v) is 5.17. The van der Waals surface area contributed by atoms with Crippen LogP contribution in [0.3, 0.4) is 0 Å². The van der Waals surface area contributed by atoms with Crippen molar-refractivity contribution in [3.05, 3.63) is 28.0 Å². The first-order chi connectivity index (χ1) is 6.29. The predicted octanol–water partition coefficient (Wildman–Crippen LogP) is 3.00. The zero-order valence-electron chi connectivity index (χ0n) is 7.59. The molecule has 1 rings (SSSR count). The van der Waals surface area contributed by atoms with Gasteiger partial charge < -0.3 is 0 Å². The van der Waals surface area contributed by atoms with Crippen LogP contribution < -0.4 is 0 Å². The number of aromatic nitrogens is 1. The lowest BCUT2D eigenvalue weighted by molar-refractivity contribution is 0.112. The maximum atomic E-state index is 10.7. The van der Waals surface area contributed by atoms with Gasteiger partial charge in [-0.3, -0.25) is 4.79 Å². The molecule has 0 atom stereocenters. The van der Waals surface area contributed by atoms with Gasteiger partial charge in [0.1, 0.15) is 4.60 Å². The second-order valence-corrected chi connectivity index (χ2v) is 3.65. The molecule has 1 aromatic rings. The summed E-state index contributed by atoms with van der Waals surface area (Å²) in [5, 5.41) is 0. The normalized spacial score (nSPS) is 10.0. The average molecular weight is 242 g/mol. The molecule has 0 fully saturated rings. The zero-order chi connectivity index (χ0) is 9.68. The molecule has 13 heavy (non-hydrogen) atoms. The molecule has 0 amide bonds. The highest BCUT2D eigenvalue weighted by molar-refractivity contribution is 9.10. The Hall–Kier alpha value is -0.700. The molecule has 0 unspecified atom stereocenters. The minimum absolute atomic E-state index is 0.649. The lowest BCUT2D eigenvalue weighted by Crippen LogP contribution is -1.95. The molecule has 2 nitrogen and oxygen atoms in total. The Bertz CT molecular complexity index is 299. The predicted molar refractivity (Wildman–Crippen MR) is 55.9 cm³/mol. The molecular weight excluding hydrogens is 230 g/mol. The van der Waals surface area contributed by atoms with E-state index >= 15 is 0 Å². The summed E-state index contributed by atoms with van der Waals surface area (Å²) >= 11 is 3.26. The highest BCUT2D eigenvalue weighted by Crippen LogP contribution is 2.17. The van der Waals surface area contributed by atoms with Crippen molar-refractivity contribution in [1.29, 1.82) is 0 Å². The topological polar surface area (TPSA) is 30.0 Å². The van der Waals surface area contributed by atoms with E-state index in [2.05, 4.69) is 27.8 Å². The van der Waals surface area contributed by atoms with E-state index in [0.717, 1.165) is 31.1 Å². The molecule has 0 spiro atoms. The number of carbonyl (C=O) groups is 1. The maximum Gasteiger partial charge on any atom is 0.153 e. The monoisotopic (exact) mass is 241 g/mol. The number of nitrogens with zero attached hydrogens (tertiary/aromatic N) is 1. The Balaban J connectivity index is 2.91. The average Bonchev–Trinajstić information content (AvgIpc) is 2.15. The van der Waals surface area contributed by atoms with E-state index in [9.17, 15) is 4.79 Å². The molecule has 0 N–H and O–H groups in total. The van der Waals surface area contributed by atoms with Crippen molar-refractivity contribution in [1.82, 2.24) is 4.98 Å². The van der Waals surface area contributed by atoms with Gasteiger partial charge in [0, 0.05) is 6.20 Å². The van der Waals surface area contributed by atoms with Crippen molar-refractivity contribution < 1.29 is 4.79 Å². The van der Waals surface area contributed by atoms with Crippen LogP contribution in [0, 0.1) is 0 Å². The summed E-state index contributed by atoms with van der Waals surface area (Å²) in [6, 6.07) is 1.91. The Kier molecular flexibility index (Phi) is 4.09. The van der Waals surface area contributed by atoms with Gasteiger partial charge in [0.15, 0.2) is 6.29 Å². The SMILES string of the molecule is CCCCc1ccnc(Br)c1C=O. The quantitative estimate of drug-likeness (QED) is 0.600. The van der Waals surface area contributed by atoms with Crippen molar-refractivity contribution in [2.24, 2.45) is 0 Å². The van der Waals surface area contributed by atoms with Gasteiger partial charge in [-0.05, 0) is 40.4 Å². The fourth-order valence-corrected chi connectivity index (χ4v) is 1.66. The number of aldehydes is 1. The van der Waals surface area contributed by atoms with Crippen molar-refractivity contribution in [3.63, 3.8) is 0 Å². The van der Waals surface area contributed by atoms with E-state index in [4.69, 9.17) is 0 Å². The molecule has 0 saturated heterocycles. The van der Waals surface area contributed by atoms with Gasteiger partial charge >= 0.3 is 0 Å². The second-order valence-electron chi connectivity index (χ2n) is 2.90. The maximum absolute atomic E-state index is 10.7. The van der Waals surface area contributed by atoms with E-state index in [0.29, 0.717) is 10.2 Å². The van der Waals surface area contributed by atoms with Crippen molar-refractivity contribution in [2.45, 2.75) is 26.2 Å². The number of rotatable bonds is 4. The minimum atomic E-state index is 0.649. The first kappa shape index (κ1) is 10.4. The fraction of sp³-hybridized carbons (Fsp3) is 0.400. The van der Waals surface area contributed by atoms with Crippen LogP contribution in [0.25, 0.3) is 0 Å². The van der Waals surface area contributed by atoms with E-state index in [1.807, 2.05) is 6.07 Å². The van der Waals surface area contributed by atoms with Crippen LogP contribution in [-0.4, -0.2) is 11.3 Å². The van der Waals surface area contributed by atoms with Crippen LogP contribution >= 0.6 is 15.9 Å². The number of hydrogen-bond donors (Lipinski definition) is 0. The second kappa shape index (κ2) is 5.12. The van der Waals surface area contributed by atoms with Gasteiger partial charge in [-0.2, -0.15) is 0 Å². The lowest BCUT2D eigenvalue weighted by Gasteiger charge is -2.04. The molecule has 70 valence electrons. The van der Waals surface area contributed by atoms with Crippen LogP contribution in [0.15, 0.2) is 16.9 Å². The summed E-state index contributed by atoms with van der Waals surface area (Å²) in [6.07, 6.45) is 5.78. The number of aryl methyl sites for hydroxylation is 1. The summed E-state index contributed by atoms with van der Waals surface area (Å²) in [6.45, 7) is 2.14. The van der Waals surface area contributed by atoms with Gasteiger partial charge in [0.25, 0.3) is 0 Å². The van der Waals surface area contributed by atoms with Gasteiger partial charge in [-0.15, -0.1) is 0 Å². The molecule has 0 radical (unpaired) electrons. The standard InChI is InChI=1S/C10H12BrNO/c1-2-3-4-8-5-6-12-10(11)9(8)7-13/h5-7H,2-4H2,1H3. The van der Waals surface area contributed by atoms with Crippen molar-refractivity contribution >= 4 is 22.2 Å². The highest BCUT2D eigenvalue weighted by Gasteiger charge is 2.05. The smallest absolute Gasteiger partial charge is 0.153 e. The van der Waals surface area contributed by atoms with E-state index in [1.54, 1.807) is 6.20 Å². The Labute approximate surface area is 86.5 Å². The van der Waals surface area contributed by atoms with Crippen molar-refractivity contribution in [2.75, 3.05) is 0 Å². The molecule has 3 heteroatoms. The molecule has 1 heterocycles. The molecule has 0 aliphatic heterocycles. The van der Waals surface area contributed by atoms with E-state index in [1.165, 1.54) is 0 Å². The van der Waals surface area contributed by atoms with Gasteiger partial charge in [-0.1, -0.05) is 13.3 Å². The molecule has 0 aliphatic rings. The number of halogens is 1. The van der Waals surface area contributed by atoms with Gasteiger partial charge in [-0.25, -0.2) is 4.98 Å². The lowest BCUT2D eigenvalue weighted by atomic mass is 10.1. The highest BCUT2D eigenvalue weighted by atomic mass is 79.9. The van der Waals surface area contributed by atoms with Crippen LogP contribution in [-0.2, 0) is 6.42 Å². The minimum Gasteiger partial charge on any atom is -0.298 e. The zero-order valence-corrected chi connectivity index (χ0v) is 9.17. The van der Waals surface area contributed by atoms with E-state index in [-0.39, 0.29) is 0 Å². The Morgan fingerprint density at radius 3 is 3.00 bits per heavy atom. The number of carbonyl (C=O) groups excluding carboxylic acids is 1. The summed E-state index contributed by atoms with van der Waals surface area (Å²) in [4.78, 5) is 14.7. The molecule has 0 saturated carbocycles. The van der Waals surface area contributed by atoms with Crippen molar-refractivity contribution in [3.8, 4) is 0 Å². The van der Waals surface area contributed by atoms with Crippen LogP contribution in [0.2, 0.25) is 0 Å². The van der Waals surface area contributed by atoms with E-state index < -0.39 is 0 Å². The third-order valence-electron chi connectivity index (χ3n) is 1.95. The first-order valence-electron chi connectivity index (χ1n) is 4.38. The Morgan fingerprint density at radius 1 is 1.62 bits per heavy atom. The fourth-order valence-electron chi connectivity index (χ4n) is 1.19. The number of unbranched alkanes of at least 4 members (excludes halogenated alkanes) is 1. The summed E-state index contributed by atoms with van der Waals surface area (Å²) in [5.74, 6) is 0. The van der Waals surface area contributed by atoms with Crippen LogP contribution in [0.5, 0.6) is 0 Å². The number of hydrogen-bond acceptors (Lipinski definition) is 2. The summed E-state index contributed by atoms with van der Waals surface area (Å²) < 4.78 is 0.649. The number of pyridine rings is 1. The third-order valence-corrected chi connectivity index (χ3v) is 2.58. The molecule has 1 aromatic heterocycles. The summed E-state index contributed by atoms with van der Waals surface area (Å²) in [5.41, 5.74) is 1.77. The summed E-state index contributed by atoms with van der Waals surface area (Å²) in [7, 11) is 0.